The standard InChI is InChI=1S/C24H25ClN8O5/c1-2-27-22(36)19-17(34)18(35)24(38-19)33-11-29-16-20(26)30-15(31-21(16)33)4-3-9-32(13-6-7-13)23(37)12-5-8-14(25)28-10-12/h5,8,10-11,13,17-19,24,34-35H,2,6-7,9H2,1H3,(H,27,36)(H2,26,30,31)/t17?,18-,19+,24-/m1/s1. The molecule has 1 saturated heterocycles. The second-order valence-corrected chi connectivity index (χ2v) is 9.30. The summed E-state index contributed by atoms with van der Waals surface area (Å²) >= 11 is 5.83. The Morgan fingerprint density at radius 1 is 1.26 bits per heavy atom. The number of nitrogens with two attached hydrogens (primary N) is 1. The molecule has 4 heterocycles. The van der Waals surface area contributed by atoms with Crippen LogP contribution in [-0.4, -0.2) is 88.9 Å². The highest BCUT2D eigenvalue weighted by Crippen LogP contribution is 2.32. The van der Waals surface area contributed by atoms with Crippen LogP contribution < -0.4 is 11.1 Å². The van der Waals surface area contributed by atoms with E-state index in [1.165, 1.54) is 17.1 Å². The summed E-state index contributed by atoms with van der Waals surface area (Å²) in [5.41, 5.74) is 6.94. The summed E-state index contributed by atoms with van der Waals surface area (Å²) in [6.45, 7) is 2.21. The second kappa shape index (κ2) is 10.5. The molecule has 1 unspecified atom stereocenters. The van der Waals surface area contributed by atoms with Crippen LogP contribution in [0.15, 0.2) is 24.7 Å². The number of aliphatic hydroxyl groups is 2. The number of anilines is 1. The van der Waals surface area contributed by atoms with E-state index in [9.17, 15) is 19.8 Å². The van der Waals surface area contributed by atoms with Crippen LogP contribution in [0.2, 0.25) is 5.15 Å². The monoisotopic (exact) mass is 540 g/mol. The molecule has 13 nitrogen and oxygen atoms in total. The number of hydrogen-bond donors (Lipinski definition) is 4. The van der Waals surface area contributed by atoms with E-state index < -0.39 is 30.4 Å². The van der Waals surface area contributed by atoms with Crippen LogP contribution in [0, 0.1) is 11.8 Å². The maximum Gasteiger partial charge on any atom is 0.256 e. The van der Waals surface area contributed by atoms with Crippen molar-refractivity contribution < 1.29 is 24.5 Å². The Balaban J connectivity index is 1.38. The van der Waals surface area contributed by atoms with Gasteiger partial charge in [0, 0.05) is 18.8 Å². The third-order valence-corrected chi connectivity index (χ3v) is 6.47. The summed E-state index contributed by atoms with van der Waals surface area (Å²) in [7, 11) is 0. The van der Waals surface area contributed by atoms with Gasteiger partial charge in [-0.2, -0.15) is 0 Å². The van der Waals surface area contributed by atoms with Gasteiger partial charge in [0.15, 0.2) is 23.8 Å². The highest BCUT2D eigenvalue weighted by Gasteiger charge is 2.47. The highest BCUT2D eigenvalue weighted by molar-refractivity contribution is 6.29. The maximum atomic E-state index is 13.0. The number of likely N-dealkylation sites (N-methyl/N-ethyl adjacent to an activating group) is 1. The van der Waals surface area contributed by atoms with Crippen molar-refractivity contribution in [3.05, 3.63) is 41.2 Å². The number of imidazole rings is 1. The second-order valence-electron chi connectivity index (χ2n) is 8.92. The molecular weight excluding hydrogens is 516 g/mol. The lowest BCUT2D eigenvalue weighted by atomic mass is 10.1. The van der Waals surface area contributed by atoms with Gasteiger partial charge in [-0.1, -0.05) is 17.5 Å². The fourth-order valence-electron chi connectivity index (χ4n) is 4.19. The van der Waals surface area contributed by atoms with Gasteiger partial charge in [0.1, 0.15) is 22.9 Å². The number of ether oxygens (including phenoxy) is 1. The molecule has 5 rings (SSSR count). The lowest BCUT2D eigenvalue weighted by Crippen LogP contribution is -2.42. The van der Waals surface area contributed by atoms with Crippen LogP contribution in [0.4, 0.5) is 5.82 Å². The van der Waals surface area contributed by atoms with Crippen LogP contribution in [-0.2, 0) is 9.53 Å². The third-order valence-electron chi connectivity index (χ3n) is 6.24. The van der Waals surface area contributed by atoms with Crippen LogP contribution in [0.5, 0.6) is 0 Å². The Labute approximate surface area is 222 Å². The number of amides is 2. The van der Waals surface area contributed by atoms with Gasteiger partial charge in [0.25, 0.3) is 11.8 Å². The summed E-state index contributed by atoms with van der Waals surface area (Å²) in [4.78, 5) is 43.6. The number of nitrogens with zero attached hydrogens (tertiary/aromatic N) is 6. The Morgan fingerprint density at radius 3 is 2.74 bits per heavy atom. The van der Waals surface area contributed by atoms with E-state index in [2.05, 4.69) is 37.1 Å². The summed E-state index contributed by atoms with van der Waals surface area (Å²) in [5, 5.41) is 23.8. The largest absolute Gasteiger partial charge is 0.387 e. The number of hydrogen-bond acceptors (Lipinski definition) is 10. The van der Waals surface area contributed by atoms with Gasteiger partial charge in [0.2, 0.25) is 5.82 Å². The van der Waals surface area contributed by atoms with Crippen molar-refractivity contribution in [1.82, 2.24) is 34.7 Å². The van der Waals surface area contributed by atoms with E-state index >= 15 is 0 Å². The van der Waals surface area contributed by atoms with E-state index in [-0.39, 0.29) is 41.3 Å². The number of carbonyl (C=O) groups is 2. The zero-order valence-corrected chi connectivity index (χ0v) is 21.0. The molecule has 0 aromatic carbocycles. The number of aliphatic hydroxyl groups excluding tert-OH is 2. The molecule has 2 aliphatic rings. The minimum absolute atomic E-state index is 0.0497. The Kier molecular flexibility index (Phi) is 7.13. The van der Waals surface area contributed by atoms with Gasteiger partial charge in [-0.05, 0) is 37.8 Å². The molecule has 2 amide bonds. The van der Waals surface area contributed by atoms with E-state index in [0.717, 1.165) is 12.8 Å². The first-order valence-electron chi connectivity index (χ1n) is 12.0. The number of nitrogens with one attached hydrogen (secondary N) is 1. The number of pyridine rings is 1. The van der Waals surface area contributed by atoms with E-state index in [0.29, 0.717) is 17.3 Å². The smallest absolute Gasteiger partial charge is 0.256 e. The molecule has 1 aliphatic heterocycles. The number of rotatable bonds is 6. The molecule has 0 radical (unpaired) electrons. The van der Waals surface area contributed by atoms with Crippen molar-refractivity contribution in [3.63, 3.8) is 0 Å². The molecule has 5 N–H and O–H groups in total. The molecular formula is C24H25ClN8O5. The molecule has 3 aromatic rings. The Morgan fingerprint density at radius 2 is 2.05 bits per heavy atom. The summed E-state index contributed by atoms with van der Waals surface area (Å²) < 4.78 is 7.04. The van der Waals surface area contributed by atoms with Crippen molar-refractivity contribution in [1.29, 1.82) is 0 Å². The van der Waals surface area contributed by atoms with Gasteiger partial charge in [-0.25, -0.2) is 19.9 Å². The number of halogens is 1. The fraction of sp³-hybridized carbons (Fsp3) is 0.417. The van der Waals surface area contributed by atoms with Crippen molar-refractivity contribution >= 4 is 40.4 Å². The molecule has 3 aromatic heterocycles. The molecule has 4 atom stereocenters. The first-order chi connectivity index (χ1) is 18.3. The maximum absolute atomic E-state index is 13.0. The molecule has 0 spiro atoms. The fourth-order valence-corrected chi connectivity index (χ4v) is 4.30. The average molecular weight is 541 g/mol. The predicted molar refractivity (Wildman–Crippen MR) is 135 cm³/mol. The highest BCUT2D eigenvalue weighted by atomic mass is 35.5. The lowest BCUT2D eigenvalue weighted by molar-refractivity contribution is -0.137. The summed E-state index contributed by atoms with van der Waals surface area (Å²) in [6, 6.07) is 3.27. The zero-order valence-electron chi connectivity index (χ0n) is 20.3. The first kappa shape index (κ1) is 25.8. The summed E-state index contributed by atoms with van der Waals surface area (Å²) in [5.74, 6) is 5.15. The van der Waals surface area contributed by atoms with E-state index in [1.807, 2.05) is 0 Å². The Hall–Kier alpha value is -3.83. The molecule has 1 saturated carbocycles. The van der Waals surface area contributed by atoms with Crippen LogP contribution in [0.1, 0.15) is 42.2 Å². The SMILES string of the molecule is CCNC(=O)[C@H]1O[C@@H](n2cnc3c(N)nc(C#CCN(C(=O)c4ccc(Cl)nc4)C4CC4)nc32)[C@H](O)C1O. The molecule has 198 valence electrons. The molecule has 1 aliphatic carbocycles. The van der Waals surface area contributed by atoms with Gasteiger partial charge in [-0.15, -0.1) is 0 Å². The third kappa shape index (κ3) is 4.99. The molecule has 14 heteroatoms. The number of nitrogen functional groups attached to an aromatic ring is 1. The van der Waals surface area contributed by atoms with Crippen molar-refractivity contribution in [2.45, 2.75) is 50.3 Å². The van der Waals surface area contributed by atoms with E-state index in [1.54, 1.807) is 24.0 Å². The van der Waals surface area contributed by atoms with Crippen molar-refractivity contribution in [2.75, 3.05) is 18.8 Å². The van der Waals surface area contributed by atoms with Crippen molar-refractivity contribution in [3.8, 4) is 11.8 Å². The van der Waals surface area contributed by atoms with Crippen LogP contribution >= 0.6 is 11.6 Å². The molecule has 38 heavy (non-hydrogen) atoms. The first-order valence-corrected chi connectivity index (χ1v) is 12.4. The predicted octanol–water partition coefficient (Wildman–Crippen LogP) is -0.131. The summed E-state index contributed by atoms with van der Waals surface area (Å²) in [6.07, 6.45) is -0.761. The topological polar surface area (TPSA) is 182 Å². The Bertz CT molecular complexity index is 1430. The number of carbonyl (C=O) groups excluding carboxylic acids is 2. The zero-order chi connectivity index (χ0) is 27.0. The molecule has 0 bridgehead atoms. The number of aromatic nitrogens is 5. The van der Waals surface area contributed by atoms with Gasteiger partial charge in [0.05, 0.1) is 18.4 Å². The number of fused-ring (bicyclic) bond motifs is 1. The quantitative estimate of drug-likeness (QED) is 0.243. The van der Waals surface area contributed by atoms with Gasteiger partial charge in [-0.3, -0.25) is 14.2 Å². The molecule has 2 fully saturated rings. The minimum Gasteiger partial charge on any atom is -0.387 e. The van der Waals surface area contributed by atoms with Crippen molar-refractivity contribution in [2.24, 2.45) is 0 Å². The normalized spacial score (nSPS) is 22.6. The van der Waals surface area contributed by atoms with Crippen LogP contribution in [0.25, 0.3) is 11.2 Å². The average Bonchev–Trinajstić information content (AvgIpc) is 3.58. The minimum atomic E-state index is -1.45. The van der Waals surface area contributed by atoms with Gasteiger partial charge >= 0.3 is 0 Å². The lowest BCUT2D eigenvalue weighted by Gasteiger charge is -2.19. The van der Waals surface area contributed by atoms with Crippen LogP contribution in [0.3, 0.4) is 0 Å². The van der Waals surface area contributed by atoms with Gasteiger partial charge < -0.3 is 30.9 Å². The van der Waals surface area contributed by atoms with E-state index in [4.69, 9.17) is 22.1 Å².